The van der Waals surface area contributed by atoms with Crippen LogP contribution in [-0.4, -0.2) is 70.6 Å². The molecule has 3 saturated heterocycles. The van der Waals surface area contributed by atoms with E-state index in [-0.39, 0.29) is 35.6 Å². The van der Waals surface area contributed by atoms with Crippen molar-refractivity contribution in [3.8, 4) is 0 Å². The van der Waals surface area contributed by atoms with E-state index < -0.39 is 0 Å². The minimum Gasteiger partial charge on any atom is -0.324 e. The highest BCUT2D eigenvalue weighted by atomic mass is 16.2. The average molecular weight is 518 g/mol. The zero-order valence-corrected chi connectivity index (χ0v) is 23.2. The summed E-state index contributed by atoms with van der Waals surface area (Å²) in [6.07, 6.45) is 4.47. The summed E-state index contributed by atoms with van der Waals surface area (Å²) in [4.78, 5) is 33.6. The van der Waals surface area contributed by atoms with Crippen LogP contribution < -0.4 is 10.6 Å². The molecule has 3 heterocycles. The Hall–Kier alpha value is -2.90. The van der Waals surface area contributed by atoms with Gasteiger partial charge >= 0.3 is 6.03 Å². The number of hydrogen-bond donors (Lipinski definition) is 2. The van der Waals surface area contributed by atoms with Crippen LogP contribution in [0.2, 0.25) is 0 Å². The Labute approximate surface area is 227 Å². The molecule has 3 fully saturated rings. The Bertz CT molecular complexity index is 1090. The molecule has 38 heavy (non-hydrogen) atoms. The Morgan fingerprint density at radius 3 is 2.32 bits per heavy atom. The summed E-state index contributed by atoms with van der Waals surface area (Å²) < 4.78 is 0. The molecule has 7 heteroatoms. The van der Waals surface area contributed by atoms with Crippen molar-refractivity contribution in [2.75, 3.05) is 31.5 Å². The van der Waals surface area contributed by atoms with Gasteiger partial charge in [0, 0.05) is 57.3 Å². The third-order valence-electron chi connectivity index (χ3n) is 8.95. The van der Waals surface area contributed by atoms with Crippen LogP contribution in [0, 0.1) is 12.8 Å². The summed E-state index contributed by atoms with van der Waals surface area (Å²) in [6.45, 7) is 10.6. The summed E-state index contributed by atoms with van der Waals surface area (Å²) in [5, 5.41) is 6.87. The standard InChI is InChI=1S/C31H43N5O2/c1-4-24(3)28-29(37)36(27-14-18-34(19-15-27)22-25-8-6-5-7-9-25)31(33-28)16-20-35(21-17-31)30(38)32-26-12-10-23(2)11-13-26/h5-13,24,27-28,33H,4,14-22H2,1-3H3,(H,32,38)/t24-,28-/m1/s1. The van der Waals surface area contributed by atoms with Crippen LogP contribution in [0.4, 0.5) is 10.5 Å². The van der Waals surface area contributed by atoms with Gasteiger partial charge in [-0.25, -0.2) is 4.79 Å². The molecule has 0 radical (unpaired) electrons. The van der Waals surface area contributed by atoms with Crippen LogP contribution in [0.15, 0.2) is 54.6 Å². The molecule has 0 aliphatic carbocycles. The monoisotopic (exact) mass is 517 g/mol. The first kappa shape index (κ1) is 26.7. The molecule has 2 N–H and O–H groups in total. The van der Waals surface area contributed by atoms with Crippen LogP contribution in [0.5, 0.6) is 0 Å². The lowest BCUT2D eigenvalue weighted by molar-refractivity contribution is -0.138. The molecule has 5 rings (SSSR count). The molecule has 0 aromatic heterocycles. The first-order valence-electron chi connectivity index (χ1n) is 14.4. The van der Waals surface area contributed by atoms with Crippen LogP contribution >= 0.6 is 0 Å². The zero-order valence-electron chi connectivity index (χ0n) is 23.2. The fourth-order valence-electron chi connectivity index (χ4n) is 6.41. The molecule has 2 aromatic carbocycles. The smallest absolute Gasteiger partial charge is 0.321 e. The lowest BCUT2D eigenvalue weighted by atomic mass is 9.92. The molecule has 3 amide bonds. The van der Waals surface area contributed by atoms with E-state index in [0.717, 1.165) is 57.4 Å². The van der Waals surface area contributed by atoms with Crippen LogP contribution in [0.25, 0.3) is 0 Å². The number of hydrogen-bond acceptors (Lipinski definition) is 4. The maximum Gasteiger partial charge on any atom is 0.321 e. The van der Waals surface area contributed by atoms with Gasteiger partial charge in [-0.1, -0.05) is 68.3 Å². The van der Waals surface area contributed by atoms with E-state index in [1.54, 1.807) is 0 Å². The van der Waals surface area contributed by atoms with Crippen molar-refractivity contribution in [2.45, 2.75) is 77.2 Å². The van der Waals surface area contributed by atoms with E-state index in [2.05, 4.69) is 64.6 Å². The van der Waals surface area contributed by atoms with Gasteiger partial charge in [-0.05, 0) is 43.4 Å². The van der Waals surface area contributed by atoms with Gasteiger partial charge < -0.3 is 15.1 Å². The van der Waals surface area contributed by atoms with E-state index in [4.69, 9.17) is 0 Å². The molecule has 3 aliphatic heterocycles. The van der Waals surface area contributed by atoms with Gasteiger partial charge in [-0.3, -0.25) is 15.0 Å². The number of carbonyl (C=O) groups is 2. The number of nitrogens with zero attached hydrogens (tertiary/aromatic N) is 3. The third kappa shape index (κ3) is 5.59. The lowest BCUT2D eigenvalue weighted by Crippen LogP contribution is -2.63. The minimum atomic E-state index is -0.363. The first-order valence-corrected chi connectivity index (χ1v) is 14.4. The van der Waals surface area contributed by atoms with Gasteiger partial charge in [-0.2, -0.15) is 0 Å². The highest BCUT2D eigenvalue weighted by Crippen LogP contribution is 2.38. The quantitative estimate of drug-likeness (QED) is 0.576. The summed E-state index contributed by atoms with van der Waals surface area (Å²) in [5.74, 6) is 0.545. The summed E-state index contributed by atoms with van der Waals surface area (Å²) in [6, 6.07) is 18.6. The molecule has 2 atom stereocenters. The lowest BCUT2D eigenvalue weighted by Gasteiger charge is -2.49. The molecule has 2 aromatic rings. The largest absolute Gasteiger partial charge is 0.324 e. The maximum atomic E-state index is 13.9. The number of benzene rings is 2. The Morgan fingerprint density at radius 1 is 1.03 bits per heavy atom. The Balaban J connectivity index is 1.25. The van der Waals surface area contributed by atoms with Crippen molar-refractivity contribution in [1.82, 2.24) is 20.0 Å². The fraction of sp³-hybridized carbons (Fsp3) is 0.548. The molecule has 0 saturated carbocycles. The second kappa shape index (κ2) is 11.5. The number of nitrogens with one attached hydrogen (secondary N) is 2. The first-order chi connectivity index (χ1) is 18.4. The third-order valence-corrected chi connectivity index (χ3v) is 8.95. The second-order valence-corrected chi connectivity index (χ2v) is 11.5. The molecular formula is C31H43N5O2. The van der Waals surface area contributed by atoms with Gasteiger partial charge in [0.1, 0.15) is 0 Å². The summed E-state index contributed by atoms with van der Waals surface area (Å²) in [5.41, 5.74) is 2.96. The topological polar surface area (TPSA) is 67.9 Å². The van der Waals surface area contributed by atoms with Gasteiger partial charge in [0.25, 0.3) is 0 Å². The number of rotatable bonds is 6. The molecule has 0 unspecified atom stereocenters. The second-order valence-electron chi connectivity index (χ2n) is 11.5. The number of amides is 3. The number of piperidine rings is 2. The summed E-state index contributed by atoms with van der Waals surface area (Å²) in [7, 11) is 0. The van der Waals surface area contributed by atoms with Crippen molar-refractivity contribution < 1.29 is 9.59 Å². The van der Waals surface area contributed by atoms with Gasteiger partial charge in [0.2, 0.25) is 5.91 Å². The van der Waals surface area contributed by atoms with E-state index in [0.29, 0.717) is 13.1 Å². The highest BCUT2D eigenvalue weighted by molar-refractivity contribution is 5.89. The number of urea groups is 1. The Morgan fingerprint density at radius 2 is 1.68 bits per heavy atom. The minimum absolute atomic E-state index is 0.0627. The van der Waals surface area contributed by atoms with E-state index in [1.807, 2.05) is 36.1 Å². The van der Waals surface area contributed by atoms with Crippen LogP contribution in [0.3, 0.4) is 0 Å². The number of aryl methyl sites for hydroxylation is 1. The van der Waals surface area contributed by atoms with Gasteiger partial charge in [0.05, 0.1) is 11.7 Å². The predicted molar refractivity (Wildman–Crippen MR) is 152 cm³/mol. The van der Waals surface area contributed by atoms with E-state index in [1.165, 1.54) is 11.1 Å². The van der Waals surface area contributed by atoms with Crippen molar-refractivity contribution >= 4 is 17.6 Å². The van der Waals surface area contributed by atoms with Crippen molar-refractivity contribution in [1.29, 1.82) is 0 Å². The molecule has 204 valence electrons. The number of carbonyl (C=O) groups excluding carboxylic acids is 2. The van der Waals surface area contributed by atoms with Crippen LogP contribution in [-0.2, 0) is 11.3 Å². The van der Waals surface area contributed by atoms with Gasteiger partial charge in [0.15, 0.2) is 0 Å². The van der Waals surface area contributed by atoms with Gasteiger partial charge in [-0.15, -0.1) is 0 Å². The van der Waals surface area contributed by atoms with Crippen molar-refractivity contribution in [3.63, 3.8) is 0 Å². The molecule has 7 nitrogen and oxygen atoms in total. The normalized spacial score (nSPS) is 23.1. The molecular weight excluding hydrogens is 474 g/mol. The zero-order chi connectivity index (χ0) is 26.7. The maximum absolute atomic E-state index is 13.9. The van der Waals surface area contributed by atoms with E-state index in [9.17, 15) is 9.59 Å². The highest BCUT2D eigenvalue weighted by Gasteiger charge is 2.55. The number of likely N-dealkylation sites (tertiary alicyclic amines) is 2. The fourth-order valence-corrected chi connectivity index (χ4v) is 6.41. The predicted octanol–water partition coefficient (Wildman–Crippen LogP) is 4.83. The summed E-state index contributed by atoms with van der Waals surface area (Å²) >= 11 is 0. The SMILES string of the molecule is CC[C@@H](C)[C@H]1NC2(CCN(C(=O)Nc3ccc(C)cc3)CC2)N(C2CCN(Cc3ccccc3)CC2)C1=O. The Kier molecular flexibility index (Phi) is 8.05. The van der Waals surface area contributed by atoms with Crippen molar-refractivity contribution in [2.24, 2.45) is 5.92 Å². The van der Waals surface area contributed by atoms with Crippen molar-refractivity contribution in [3.05, 3.63) is 65.7 Å². The van der Waals surface area contributed by atoms with E-state index >= 15 is 0 Å². The molecule has 0 bridgehead atoms. The molecule has 3 aliphatic rings. The average Bonchev–Trinajstić information content (AvgIpc) is 3.22. The molecule has 1 spiro atoms. The van der Waals surface area contributed by atoms with Crippen LogP contribution in [0.1, 0.15) is 57.1 Å². The number of anilines is 1.